The number of anilines is 2. The van der Waals surface area contributed by atoms with E-state index in [9.17, 15) is 5.26 Å². The first-order valence-corrected chi connectivity index (χ1v) is 5.79. The summed E-state index contributed by atoms with van der Waals surface area (Å²) < 4.78 is 0. The predicted octanol–water partition coefficient (Wildman–Crippen LogP) is 3.34. The van der Waals surface area contributed by atoms with E-state index < -0.39 is 0 Å². The van der Waals surface area contributed by atoms with Crippen LogP contribution in [0.3, 0.4) is 0 Å². The van der Waals surface area contributed by atoms with Crippen molar-refractivity contribution < 1.29 is 0 Å². The molecule has 2 rings (SSSR count). The summed E-state index contributed by atoms with van der Waals surface area (Å²) in [6, 6.07) is 12.2. The molecule has 0 bridgehead atoms. The van der Waals surface area contributed by atoms with E-state index in [4.69, 9.17) is 0 Å². The average molecular weight is 237 g/mol. The van der Waals surface area contributed by atoms with Crippen molar-refractivity contribution in [2.45, 2.75) is 13.8 Å². The minimum atomic E-state index is 0.626. The van der Waals surface area contributed by atoms with Crippen molar-refractivity contribution in [2.24, 2.45) is 0 Å². The largest absolute Gasteiger partial charge is 0.328 e. The Kier molecular flexibility index (Phi) is 3.29. The van der Waals surface area contributed by atoms with Crippen LogP contribution in [0.5, 0.6) is 0 Å². The molecule has 3 nitrogen and oxygen atoms in total. The lowest BCUT2D eigenvalue weighted by Crippen LogP contribution is -2.13. The maximum atomic E-state index is 9.23. The number of nitriles is 1. The number of hydrogen-bond acceptors (Lipinski definition) is 3. The van der Waals surface area contributed by atoms with Crippen LogP contribution in [0.4, 0.5) is 11.5 Å². The Bertz CT molecular complexity index is 611. The smallest absolute Gasteiger partial charge is 0.150 e. The summed E-state index contributed by atoms with van der Waals surface area (Å²) in [4.78, 5) is 6.26. The van der Waals surface area contributed by atoms with Gasteiger partial charge >= 0.3 is 0 Å². The highest BCUT2D eigenvalue weighted by Crippen LogP contribution is 2.26. The summed E-state index contributed by atoms with van der Waals surface area (Å²) >= 11 is 0. The maximum absolute atomic E-state index is 9.23. The lowest BCUT2D eigenvalue weighted by molar-refractivity contribution is 1.10. The first kappa shape index (κ1) is 12.1. The SMILES string of the molecule is Cc1cccc(N(C)c2nccc(C)c2C#N)c1. The molecular formula is C15H15N3. The van der Waals surface area contributed by atoms with Crippen molar-refractivity contribution >= 4 is 11.5 Å². The fourth-order valence-corrected chi connectivity index (χ4v) is 1.90. The minimum Gasteiger partial charge on any atom is -0.328 e. The molecule has 3 heteroatoms. The normalized spacial score (nSPS) is 9.89. The molecule has 0 radical (unpaired) electrons. The first-order valence-electron chi connectivity index (χ1n) is 5.79. The lowest BCUT2D eigenvalue weighted by atomic mass is 10.1. The zero-order chi connectivity index (χ0) is 13.1. The molecule has 0 aliphatic rings. The van der Waals surface area contributed by atoms with Crippen LogP contribution >= 0.6 is 0 Å². The van der Waals surface area contributed by atoms with Crippen LogP contribution in [-0.4, -0.2) is 12.0 Å². The third-order valence-corrected chi connectivity index (χ3v) is 2.96. The van der Waals surface area contributed by atoms with Crippen molar-refractivity contribution in [3.63, 3.8) is 0 Å². The second-order valence-corrected chi connectivity index (χ2v) is 4.34. The molecule has 0 spiro atoms. The van der Waals surface area contributed by atoms with Crippen molar-refractivity contribution in [3.05, 3.63) is 53.2 Å². The van der Waals surface area contributed by atoms with E-state index in [2.05, 4.69) is 17.1 Å². The number of aromatic nitrogens is 1. The van der Waals surface area contributed by atoms with E-state index >= 15 is 0 Å². The van der Waals surface area contributed by atoms with Gasteiger partial charge in [0.05, 0.1) is 5.56 Å². The Balaban J connectivity index is 2.50. The molecule has 0 aliphatic heterocycles. The standard InChI is InChI=1S/C15H15N3/c1-11-5-4-6-13(9-11)18(3)15-14(10-16)12(2)7-8-17-15/h4-9H,1-3H3. The third kappa shape index (κ3) is 2.18. The van der Waals surface area contributed by atoms with E-state index in [1.54, 1.807) is 6.20 Å². The van der Waals surface area contributed by atoms with Crippen LogP contribution in [0.1, 0.15) is 16.7 Å². The fourth-order valence-electron chi connectivity index (χ4n) is 1.90. The van der Waals surface area contributed by atoms with E-state index in [0.717, 1.165) is 11.3 Å². The Morgan fingerprint density at radius 2 is 2.00 bits per heavy atom. The molecule has 0 atom stereocenters. The molecule has 0 saturated heterocycles. The van der Waals surface area contributed by atoms with Gasteiger partial charge in [0, 0.05) is 18.9 Å². The Labute approximate surface area is 107 Å². The van der Waals surface area contributed by atoms with Gasteiger partial charge in [0.1, 0.15) is 6.07 Å². The van der Waals surface area contributed by atoms with Crippen molar-refractivity contribution in [3.8, 4) is 6.07 Å². The molecule has 2 aromatic rings. The fraction of sp³-hybridized carbons (Fsp3) is 0.200. The average Bonchev–Trinajstić information content (AvgIpc) is 2.37. The van der Waals surface area contributed by atoms with Gasteiger partial charge in [0.2, 0.25) is 0 Å². The van der Waals surface area contributed by atoms with Gasteiger partial charge in [0.25, 0.3) is 0 Å². The van der Waals surface area contributed by atoms with E-state index in [1.807, 2.05) is 50.1 Å². The molecular weight excluding hydrogens is 222 g/mol. The summed E-state index contributed by atoms with van der Waals surface area (Å²) in [6.45, 7) is 3.97. The molecule has 90 valence electrons. The highest BCUT2D eigenvalue weighted by molar-refractivity contribution is 5.66. The van der Waals surface area contributed by atoms with Gasteiger partial charge in [0.15, 0.2) is 5.82 Å². The molecule has 1 heterocycles. The number of pyridine rings is 1. The van der Waals surface area contributed by atoms with Gasteiger partial charge in [-0.05, 0) is 43.2 Å². The molecule has 1 aromatic carbocycles. The van der Waals surface area contributed by atoms with Crippen LogP contribution in [0.25, 0.3) is 0 Å². The van der Waals surface area contributed by atoms with Gasteiger partial charge in [-0.25, -0.2) is 4.98 Å². The summed E-state index contributed by atoms with van der Waals surface area (Å²) in [6.07, 6.45) is 1.73. The predicted molar refractivity (Wildman–Crippen MR) is 72.9 cm³/mol. The molecule has 1 aromatic heterocycles. The van der Waals surface area contributed by atoms with Gasteiger partial charge in [-0.1, -0.05) is 12.1 Å². The number of rotatable bonds is 2. The molecule has 0 saturated carbocycles. The van der Waals surface area contributed by atoms with Crippen LogP contribution in [0.15, 0.2) is 36.5 Å². The second kappa shape index (κ2) is 4.89. The Morgan fingerprint density at radius 3 is 2.67 bits per heavy atom. The summed E-state index contributed by atoms with van der Waals surface area (Å²) in [5, 5.41) is 9.23. The highest BCUT2D eigenvalue weighted by atomic mass is 15.2. The van der Waals surface area contributed by atoms with Crippen molar-refractivity contribution in [1.29, 1.82) is 5.26 Å². The topological polar surface area (TPSA) is 39.9 Å². The van der Waals surface area contributed by atoms with Crippen molar-refractivity contribution in [2.75, 3.05) is 11.9 Å². The van der Waals surface area contributed by atoms with Gasteiger partial charge in [-0.15, -0.1) is 0 Å². The monoisotopic (exact) mass is 237 g/mol. The quantitative estimate of drug-likeness (QED) is 0.804. The third-order valence-electron chi connectivity index (χ3n) is 2.96. The van der Waals surface area contributed by atoms with Gasteiger partial charge in [-0.2, -0.15) is 5.26 Å². The highest BCUT2D eigenvalue weighted by Gasteiger charge is 2.12. The number of benzene rings is 1. The van der Waals surface area contributed by atoms with Gasteiger partial charge in [-0.3, -0.25) is 0 Å². The van der Waals surface area contributed by atoms with Crippen LogP contribution in [0.2, 0.25) is 0 Å². The Morgan fingerprint density at radius 1 is 1.22 bits per heavy atom. The van der Waals surface area contributed by atoms with Crippen LogP contribution < -0.4 is 4.90 Å². The molecule has 0 aliphatic carbocycles. The van der Waals surface area contributed by atoms with Crippen LogP contribution in [0, 0.1) is 25.2 Å². The molecule has 0 amide bonds. The minimum absolute atomic E-state index is 0.626. The molecule has 0 N–H and O–H groups in total. The van der Waals surface area contributed by atoms with Crippen molar-refractivity contribution in [1.82, 2.24) is 4.98 Å². The first-order chi connectivity index (χ1) is 8.63. The summed E-state index contributed by atoms with van der Waals surface area (Å²) in [5.74, 6) is 0.697. The molecule has 0 unspecified atom stereocenters. The van der Waals surface area contributed by atoms with E-state index in [0.29, 0.717) is 11.4 Å². The zero-order valence-corrected chi connectivity index (χ0v) is 10.8. The number of nitrogens with zero attached hydrogens (tertiary/aromatic N) is 3. The summed E-state index contributed by atoms with van der Waals surface area (Å²) in [7, 11) is 1.93. The van der Waals surface area contributed by atoms with E-state index in [1.165, 1.54) is 5.56 Å². The number of hydrogen-bond donors (Lipinski definition) is 0. The Hall–Kier alpha value is -2.34. The molecule has 18 heavy (non-hydrogen) atoms. The molecule has 0 fully saturated rings. The van der Waals surface area contributed by atoms with E-state index in [-0.39, 0.29) is 0 Å². The van der Waals surface area contributed by atoms with Crippen LogP contribution in [-0.2, 0) is 0 Å². The van der Waals surface area contributed by atoms with Gasteiger partial charge < -0.3 is 4.90 Å². The lowest BCUT2D eigenvalue weighted by Gasteiger charge is -2.20. The second-order valence-electron chi connectivity index (χ2n) is 4.34. The number of aryl methyl sites for hydroxylation is 2. The maximum Gasteiger partial charge on any atom is 0.150 e. The zero-order valence-electron chi connectivity index (χ0n) is 10.8. The summed E-state index contributed by atoms with van der Waals surface area (Å²) in [5.41, 5.74) is 3.79.